The van der Waals surface area contributed by atoms with Crippen molar-refractivity contribution in [1.82, 2.24) is 24.8 Å². The van der Waals surface area contributed by atoms with Gasteiger partial charge in [-0.2, -0.15) is 0 Å². The molecule has 1 aliphatic rings. The van der Waals surface area contributed by atoms with Crippen molar-refractivity contribution >= 4 is 29.9 Å². The standard InChI is InChI=1S/C19H30N6O.HI/c1-14-6-8-24(12-15(14)25-9-7-21-13-25)18(20-5)23-11-17-22-10-16(26-17)19(2,3)4;/h7,9-10,13-15H,6,8,11-12H2,1-5H3,(H,20,23);1H. The van der Waals surface area contributed by atoms with Crippen LogP contribution in [0.25, 0.3) is 0 Å². The predicted octanol–water partition coefficient (Wildman–Crippen LogP) is 3.45. The van der Waals surface area contributed by atoms with Gasteiger partial charge < -0.3 is 19.2 Å². The maximum absolute atomic E-state index is 5.87. The van der Waals surface area contributed by atoms with Crippen molar-refractivity contribution in [3.63, 3.8) is 0 Å². The highest BCUT2D eigenvalue weighted by Crippen LogP contribution is 2.27. The molecule has 8 heteroatoms. The Labute approximate surface area is 178 Å². The van der Waals surface area contributed by atoms with Crippen LogP contribution in [0, 0.1) is 5.92 Å². The fourth-order valence-corrected chi connectivity index (χ4v) is 3.32. The van der Waals surface area contributed by atoms with Crippen LogP contribution in [0.15, 0.2) is 34.3 Å². The third-order valence-corrected chi connectivity index (χ3v) is 5.03. The third-order valence-electron chi connectivity index (χ3n) is 5.03. The zero-order valence-electron chi connectivity index (χ0n) is 16.8. The summed E-state index contributed by atoms with van der Waals surface area (Å²) in [6, 6.07) is 0.402. The Balaban J connectivity index is 0.00000261. The summed E-state index contributed by atoms with van der Waals surface area (Å²) in [5.41, 5.74) is -0.0338. The molecule has 1 saturated heterocycles. The lowest BCUT2D eigenvalue weighted by Crippen LogP contribution is -2.48. The van der Waals surface area contributed by atoms with Gasteiger partial charge >= 0.3 is 0 Å². The molecule has 1 N–H and O–H groups in total. The van der Waals surface area contributed by atoms with E-state index in [4.69, 9.17) is 4.42 Å². The van der Waals surface area contributed by atoms with Crippen molar-refractivity contribution in [2.75, 3.05) is 20.1 Å². The van der Waals surface area contributed by atoms with Gasteiger partial charge in [0.1, 0.15) is 5.76 Å². The SMILES string of the molecule is CN=C(NCc1ncc(C(C)(C)C)o1)N1CCC(C)C(n2ccnc2)C1.I. The van der Waals surface area contributed by atoms with E-state index in [1.807, 2.05) is 32.0 Å². The van der Waals surface area contributed by atoms with E-state index >= 15 is 0 Å². The number of piperidine rings is 1. The quantitative estimate of drug-likeness (QED) is 0.409. The summed E-state index contributed by atoms with van der Waals surface area (Å²) in [4.78, 5) is 15.3. The summed E-state index contributed by atoms with van der Waals surface area (Å²) >= 11 is 0. The van der Waals surface area contributed by atoms with Gasteiger partial charge in [0.05, 0.1) is 25.1 Å². The van der Waals surface area contributed by atoms with Gasteiger partial charge in [0.25, 0.3) is 0 Å². The first-order valence-corrected chi connectivity index (χ1v) is 9.26. The second-order valence-corrected chi connectivity index (χ2v) is 8.06. The summed E-state index contributed by atoms with van der Waals surface area (Å²) in [6.07, 6.45) is 8.73. The molecule has 0 aliphatic carbocycles. The fraction of sp³-hybridized carbons (Fsp3) is 0.632. The summed E-state index contributed by atoms with van der Waals surface area (Å²) in [7, 11) is 1.82. The summed E-state index contributed by atoms with van der Waals surface area (Å²) in [5, 5.41) is 3.40. The van der Waals surface area contributed by atoms with Gasteiger partial charge in [0.2, 0.25) is 5.89 Å². The summed E-state index contributed by atoms with van der Waals surface area (Å²) in [5.74, 6) is 3.08. The van der Waals surface area contributed by atoms with Gasteiger partial charge in [-0.15, -0.1) is 24.0 Å². The molecule has 2 aromatic heterocycles. The molecule has 7 nitrogen and oxygen atoms in total. The van der Waals surface area contributed by atoms with Crippen molar-refractivity contribution in [1.29, 1.82) is 0 Å². The second-order valence-electron chi connectivity index (χ2n) is 8.06. The van der Waals surface area contributed by atoms with Crippen molar-refractivity contribution < 1.29 is 4.42 Å². The number of nitrogens with zero attached hydrogens (tertiary/aromatic N) is 5. The number of rotatable bonds is 3. The highest BCUT2D eigenvalue weighted by Gasteiger charge is 2.29. The molecule has 3 heterocycles. The Morgan fingerprint density at radius 3 is 2.78 bits per heavy atom. The van der Waals surface area contributed by atoms with Crippen molar-refractivity contribution in [3.05, 3.63) is 36.6 Å². The van der Waals surface area contributed by atoms with Crippen LogP contribution in [0.1, 0.15) is 51.8 Å². The molecule has 0 bridgehead atoms. The maximum Gasteiger partial charge on any atom is 0.213 e. The minimum Gasteiger partial charge on any atom is -0.443 e. The molecule has 0 amide bonds. The average Bonchev–Trinajstić information content (AvgIpc) is 3.27. The molecule has 2 atom stereocenters. The highest BCUT2D eigenvalue weighted by molar-refractivity contribution is 14.0. The molecule has 0 saturated carbocycles. The average molecular weight is 486 g/mol. The second kappa shape index (κ2) is 9.07. The van der Waals surface area contributed by atoms with Gasteiger partial charge in [-0.3, -0.25) is 4.99 Å². The van der Waals surface area contributed by atoms with Gasteiger partial charge in [-0.25, -0.2) is 9.97 Å². The maximum atomic E-state index is 5.87. The monoisotopic (exact) mass is 486 g/mol. The first-order valence-electron chi connectivity index (χ1n) is 9.26. The molecule has 1 aliphatic heterocycles. The number of likely N-dealkylation sites (tertiary alicyclic amines) is 1. The Kier molecular flexibility index (Phi) is 7.30. The minimum absolute atomic E-state index is 0. The van der Waals surface area contributed by atoms with E-state index in [2.05, 4.69) is 57.4 Å². The number of imidazole rings is 1. The summed E-state index contributed by atoms with van der Waals surface area (Å²) in [6.45, 7) is 11.1. The van der Waals surface area contributed by atoms with E-state index in [9.17, 15) is 0 Å². The van der Waals surface area contributed by atoms with E-state index in [1.54, 1.807) is 0 Å². The topological polar surface area (TPSA) is 71.5 Å². The molecule has 0 spiro atoms. The van der Waals surface area contributed by atoms with Gasteiger partial charge in [-0.05, 0) is 12.3 Å². The molecule has 1 fully saturated rings. The van der Waals surface area contributed by atoms with E-state index in [0.29, 0.717) is 24.4 Å². The lowest BCUT2D eigenvalue weighted by molar-refractivity contribution is 0.188. The lowest BCUT2D eigenvalue weighted by Gasteiger charge is -2.39. The molecular formula is C19H31IN6O. The number of aliphatic imine (C=N–C) groups is 1. The Hall–Kier alpha value is -1.58. The van der Waals surface area contributed by atoms with Crippen LogP contribution in [-0.2, 0) is 12.0 Å². The Morgan fingerprint density at radius 2 is 2.19 bits per heavy atom. The highest BCUT2D eigenvalue weighted by atomic mass is 127. The number of hydrogen-bond acceptors (Lipinski definition) is 4. The molecule has 0 aromatic carbocycles. The number of halogens is 1. The first kappa shape index (κ1) is 21.7. The number of hydrogen-bond donors (Lipinski definition) is 1. The van der Waals surface area contributed by atoms with E-state index in [0.717, 1.165) is 31.2 Å². The molecule has 3 rings (SSSR count). The third kappa shape index (κ3) is 5.24. The van der Waals surface area contributed by atoms with Crippen molar-refractivity contribution in [2.45, 2.75) is 52.1 Å². The largest absolute Gasteiger partial charge is 0.443 e. The lowest BCUT2D eigenvalue weighted by atomic mass is 9.93. The van der Waals surface area contributed by atoms with Crippen molar-refractivity contribution in [3.8, 4) is 0 Å². The normalized spacial score (nSPS) is 21.1. The smallest absolute Gasteiger partial charge is 0.213 e. The van der Waals surface area contributed by atoms with E-state index in [1.165, 1.54) is 0 Å². The van der Waals surface area contributed by atoms with Crippen LogP contribution in [0.4, 0.5) is 0 Å². The molecule has 0 radical (unpaired) electrons. The molecule has 2 unspecified atom stereocenters. The predicted molar refractivity (Wildman–Crippen MR) is 117 cm³/mol. The molecule has 150 valence electrons. The van der Waals surface area contributed by atoms with Gasteiger partial charge in [0.15, 0.2) is 5.96 Å². The van der Waals surface area contributed by atoms with Crippen LogP contribution in [0.5, 0.6) is 0 Å². The van der Waals surface area contributed by atoms with Gasteiger partial charge in [0, 0.05) is 37.9 Å². The molecule has 27 heavy (non-hydrogen) atoms. The zero-order chi connectivity index (χ0) is 18.7. The van der Waals surface area contributed by atoms with Crippen LogP contribution >= 0.6 is 24.0 Å². The number of aromatic nitrogens is 3. The van der Waals surface area contributed by atoms with Crippen LogP contribution in [-0.4, -0.2) is 45.5 Å². The molecular weight excluding hydrogens is 455 g/mol. The van der Waals surface area contributed by atoms with Gasteiger partial charge in [-0.1, -0.05) is 27.7 Å². The van der Waals surface area contributed by atoms with Crippen LogP contribution < -0.4 is 5.32 Å². The Morgan fingerprint density at radius 1 is 1.41 bits per heavy atom. The molecule has 2 aromatic rings. The van der Waals surface area contributed by atoms with Crippen LogP contribution in [0.2, 0.25) is 0 Å². The first-order chi connectivity index (χ1) is 12.4. The zero-order valence-corrected chi connectivity index (χ0v) is 19.2. The van der Waals surface area contributed by atoms with Crippen molar-refractivity contribution in [2.24, 2.45) is 10.9 Å². The van der Waals surface area contributed by atoms with E-state index < -0.39 is 0 Å². The number of nitrogens with one attached hydrogen (secondary N) is 1. The van der Waals surface area contributed by atoms with E-state index in [-0.39, 0.29) is 29.4 Å². The number of guanidine groups is 1. The number of oxazole rings is 1. The minimum atomic E-state index is -0.0338. The Bertz CT molecular complexity index is 734. The fourth-order valence-electron chi connectivity index (χ4n) is 3.32. The van der Waals surface area contributed by atoms with Crippen LogP contribution in [0.3, 0.4) is 0 Å². The summed E-state index contributed by atoms with van der Waals surface area (Å²) < 4.78 is 8.07.